The zero-order valence-electron chi connectivity index (χ0n) is 2.36. The summed E-state index contributed by atoms with van der Waals surface area (Å²) in [6.07, 6.45) is 1.14. The van der Waals surface area contributed by atoms with Gasteiger partial charge in [-0.05, 0) is 0 Å². The van der Waals surface area contributed by atoms with E-state index in [4.69, 9.17) is 0 Å². The Hall–Kier alpha value is -0.0901. The summed E-state index contributed by atoms with van der Waals surface area (Å²) in [6.45, 7) is 2.00. The van der Waals surface area contributed by atoms with Gasteiger partial charge in [0.25, 0.3) is 0 Å². The highest BCUT2D eigenvalue weighted by atomic mass is 13.4. The lowest BCUT2D eigenvalue weighted by molar-refractivity contribution is 2.07. The summed E-state index contributed by atoms with van der Waals surface area (Å²) in [5, 5.41) is 0. The summed E-state index contributed by atoms with van der Waals surface area (Å²) in [5.41, 5.74) is 0. The second-order valence-electron chi connectivity index (χ2n) is 0.811. The standard InChI is InChI=1S/C2H2B2/c1-3-2-4-1/h1H2. The van der Waals surface area contributed by atoms with Crippen molar-refractivity contribution in [1.29, 1.82) is 0 Å². The third kappa shape index (κ3) is 0.103. The van der Waals surface area contributed by atoms with E-state index in [2.05, 4.69) is 5.87 Å². The van der Waals surface area contributed by atoms with Gasteiger partial charge >= 0.3 is 7.28 Å². The fourth-order valence-corrected chi connectivity index (χ4v) is 0.118. The van der Waals surface area contributed by atoms with Crippen molar-refractivity contribution in [3.8, 4) is 0 Å². The minimum atomic E-state index is 1.14. The van der Waals surface area contributed by atoms with Crippen molar-refractivity contribution in [2.24, 2.45) is 0 Å². The molecule has 0 aromatic heterocycles. The number of hydrogen-bond donors (Lipinski definition) is 0. The Morgan fingerprint density at radius 1 is 2.00 bits per heavy atom. The molecule has 1 rings (SSSR count). The monoisotopic (exact) mass is 48.0 g/mol. The van der Waals surface area contributed by atoms with Crippen LogP contribution in [0.2, 0.25) is 6.22 Å². The lowest BCUT2D eigenvalue weighted by Crippen LogP contribution is -2.07. The van der Waals surface area contributed by atoms with Crippen molar-refractivity contribution in [3.05, 3.63) is 0 Å². The average molecular weight is 47.7 g/mol. The lowest BCUT2D eigenvalue weighted by atomic mass is 9.45. The van der Waals surface area contributed by atoms with Crippen molar-refractivity contribution in [1.82, 2.24) is 0 Å². The average Bonchev–Trinajstić information content (AvgIpc) is 0.722. The van der Waals surface area contributed by atoms with E-state index in [1.165, 1.54) is 0 Å². The van der Waals surface area contributed by atoms with Gasteiger partial charge in [0.15, 0.2) is 0 Å². The largest absolute Gasteiger partial charge is 0.395 e. The molecule has 1 aliphatic rings. The first-order valence-corrected chi connectivity index (χ1v) is 1.39. The molecule has 0 saturated carbocycles. The molecule has 4 heavy (non-hydrogen) atoms. The molecule has 0 spiro atoms. The molecule has 0 atom stereocenters. The summed E-state index contributed by atoms with van der Waals surface area (Å²) in [5.74, 6) is 2.86. The second-order valence-corrected chi connectivity index (χ2v) is 0.811. The predicted molar refractivity (Wildman–Crippen MR) is 21.3 cm³/mol. The van der Waals surface area contributed by atoms with Crippen LogP contribution in [0.5, 0.6) is 0 Å². The van der Waals surface area contributed by atoms with E-state index < -0.39 is 0 Å². The summed E-state index contributed by atoms with van der Waals surface area (Å²) in [4.78, 5) is 0. The molecule has 0 saturated heterocycles. The molecule has 2 radical (unpaired) electrons. The van der Waals surface area contributed by atoms with Crippen molar-refractivity contribution in [2.45, 2.75) is 6.22 Å². The molecule has 2 heteroatoms. The van der Waals surface area contributed by atoms with Crippen LogP contribution in [0.25, 0.3) is 0 Å². The first-order valence-electron chi connectivity index (χ1n) is 1.39. The normalized spacial score (nSPS) is 16.0. The van der Waals surface area contributed by atoms with Crippen molar-refractivity contribution in [2.75, 3.05) is 0 Å². The zero-order valence-corrected chi connectivity index (χ0v) is 2.36. The van der Waals surface area contributed by atoms with E-state index >= 15 is 0 Å². The Labute approximate surface area is 27.4 Å². The minimum Gasteiger partial charge on any atom is -0.219 e. The quantitative estimate of drug-likeness (QED) is 0.253. The van der Waals surface area contributed by atoms with Gasteiger partial charge < -0.3 is 0 Å². The van der Waals surface area contributed by atoms with E-state index in [1.807, 2.05) is 14.2 Å². The minimum absolute atomic E-state index is 1.14. The topological polar surface area (TPSA) is 0 Å². The third-order valence-corrected chi connectivity index (χ3v) is 0.471. The molecular formula is C2H2B2. The van der Waals surface area contributed by atoms with Gasteiger partial charge in [-0.1, -0.05) is 0 Å². The van der Waals surface area contributed by atoms with Crippen LogP contribution in [0.4, 0.5) is 0 Å². The Morgan fingerprint density at radius 3 is 2.25 bits per heavy atom. The summed E-state index contributed by atoms with van der Waals surface area (Å²) < 4.78 is 0. The SMILES string of the molecule is [B]1[C+]=[B-]C1. The maximum atomic E-state index is 2.86. The van der Waals surface area contributed by atoms with Crippen LogP contribution in [0.3, 0.4) is 0 Å². The molecule has 16 valence electrons. The van der Waals surface area contributed by atoms with Crippen LogP contribution in [0.15, 0.2) is 0 Å². The molecule has 0 unspecified atom stereocenters. The molecule has 0 aromatic rings. The van der Waals surface area contributed by atoms with Crippen LogP contribution in [0, 0.1) is 0 Å². The summed E-state index contributed by atoms with van der Waals surface area (Å²) in [6, 6.07) is 0. The highest BCUT2D eigenvalue weighted by Gasteiger charge is 1.91. The first-order chi connectivity index (χ1) is 2.00. The molecule has 0 nitrogen and oxygen atoms in total. The highest BCUT2D eigenvalue weighted by Crippen LogP contribution is 1.71. The van der Waals surface area contributed by atoms with Gasteiger partial charge in [-0.2, -0.15) is 0 Å². The van der Waals surface area contributed by atoms with Crippen LogP contribution in [-0.2, 0) is 0 Å². The number of hydrogen-bond acceptors (Lipinski definition) is 0. The molecule has 0 fully saturated rings. The molecular weight excluding hydrogens is 45.6 g/mol. The van der Waals surface area contributed by atoms with Crippen LogP contribution >= 0.6 is 0 Å². The third-order valence-electron chi connectivity index (χ3n) is 0.471. The van der Waals surface area contributed by atoms with E-state index in [9.17, 15) is 0 Å². The Kier molecular flexibility index (Phi) is 0.376. The fraction of sp³-hybridized carbons (Fsp3) is 0.500. The molecule has 0 amide bonds. The van der Waals surface area contributed by atoms with E-state index in [0.717, 1.165) is 6.22 Å². The van der Waals surface area contributed by atoms with Crippen LogP contribution in [-0.4, -0.2) is 20.1 Å². The Bertz CT molecular complexity index is 33.3. The smallest absolute Gasteiger partial charge is 0.219 e. The second kappa shape index (κ2) is 0.694. The molecule has 1 aliphatic heterocycles. The molecule has 0 aromatic carbocycles. The van der Waals surface area contributed by atoms with Gasteiger partial charge in [0.1, 0.15) is 0 Å². The van der Waals surface area contributed by atoms with E-state index in [-0.39, 0.29) is 0 Å². The van der Waals surface area contributed by atoms with Gasteiger partial charge in [0, 0.05) is 6.92 Å². The Balaban J connectivity index is 2.47. The van der Waals surface area contributed by atoms with Crippen molar-refractivity contribution < 1.29 is 0 Å². The van der Waals surface area contributed by atoms with Crippen molar-refractivity contribution in [3.63, 3.8) is 0 Å². The molecule has 0 N–H and O–H groups in total. The summed E-state index contributed by atoms with van der Waals surface area (Å²) >= 11 is 0. The van der Waals surface area contributed by atoms with Crippen LogP contribution in [0.1, 0.15) is 0 Å². The molecule has 0 bridgehead atoms. The lowest BCUT2D eigenvalue weighted by Gasteiger charge is -1.86. The maximum absolute atomic E-state index is 2.86. The van der Waals surface area contributed by atoms with Crippen LogP contribution < -0.4 is 0 Å². The fourth-order valence-electron chi connectivity index (χ4n) is 0.118. The van der Waals surface area contributed by atoms with Gasteiger partial charge in [-0.3, -0.25) is 0 Å². The van der Waals surface area contributed by atoms with Gasteiger partial charge in [-0.25, -0.2) is 5.87 Å². The number of rotatable bonds is 0. The predicted octanol–water partition coefficient (Wildman–Crippen LogP) is -0.579. The summed E-state index contributed by atoms with van der Waals surface area (Å²) in [7, 11) is 2.00. The Morgan fingerprint density at radius 2 is 2.25 bits per heavy atom. The zero-order chi connectivity index (χ0) is 2.83. The van der Waals surface area contributed by atoms with Gasteiger partial charge in [-0.15, -0.1) is 6.22 Å². The first kappa shape index (κ1) is 2.17. The highest BCUT2D eigenvalue weighted by molar-refractivity contribution is 6.98. The van der Waals surface area contributed by atoms with E-state index in [1.54, 1.807) is 0 Å². The van der Waals surface area contributed by atoms with E-state index in [0.29, 0.717) is 0 Å². The van der Waals surface area contributed by atoms with Crippen molar-refractivity contribution >= 4 is 20.1 Å². The molecule has 1 heterocycles. The maximum Gasteiger partial charge on any atom is 0.395 e. The molecule has 0 aliphatic carbocycles. The van der Waals surface area contributed by atoms with Gasteiger partial charge in [0.05, 0.1) is 0 Å². The van der Waals surface area contributed by atoms with Gasteiger partial charge in [0.2, 0.25) is 0 Å².